The molecule has 0 amide bonds. The highest BCUT2D eigenvalue weighted by Crippen LogP contribution is 2.16. The molecule has 2 atom stereocenters. The first-order chi connectivity index (χ1) is 9.08. The highest BCUT2D eigenvalue weighted by atomic mass is 15.3. The first-order valence-corrected chi connectivity index (χ1v) is 7.57. The molecule has 0 bridgehead atoms. The van der Waals surface area contributed by atoms with Crippen LogP contribution in [-0.2, 0) is 13.1 Å². The van der Waals surface area contributed by atoms with Crippen molar-refractivity contribution >= 4 is 0 Å². The summed E-state index contributed by atoms with van der Waals surface area (Å²) in [6.07, 6.45) is 5.44. The molecule has 0 spiro atoms. The van der Waals surface area contributed by atoms with E-state index in [9.17, 15) is 0 Å². The van der Waals surface area contributed by atoms with Crippen molar-refractivity contribution in [3.05, 3.63) is 18.0 Å². The van der Waals surface area contributed by atoms with E-state index >= 15 is 0 Å². The molecular weight excluding hydrogens is 236 g/mol. The monoisotopic (exact) mass is 264 g/mol. The fourth-order valence-electron chi connectivity index (χ4n) is 2.84. The summed E-state index contributed by atoms with van der Waals surface area (Å²) < 4.78 is 2.01. The van der Waals surface area contributed by atoms with E-state index in [2.05, 4.69) is 49.2 Å². The van der Waals surface area contributed by atoms with Gasteiger partial charge in [0.2, 0.25) is 0 Å². The van der Waals surface area contributed by atoms with E-state index in [1.54, 1.807) is 0 Å². The Labute approximate surface area is 117 Å². The predicted octanol–water partition coefficient (Wildman–Crippen LogP) is 2.11. The van der Waals surface area contributed by atoms with Gasteiger partial charge in [0.15, 0.2) is 0 Å². The van der Waals surface area contributed by atoms with Gasteiger partial charge in [0.05, 0.1) is 6.20 Å². The molecule has 1 aromatic rings. The molecule has 4 nitrogen and oxygen atoms in total. The van der Waals surface area contributed by atoms with Gasteiger partial charge >= 0.3 is 0 Å². The van der Waals surface area contributed by atoms with Crippen LogP contribution in [0.4, 0.5) is 0 Å². The standard InChI is InChI=1S/C15H28N4/c1-5-19-10-14(8-17-19)9-18-11-15(6-12(2)3)16-7-13(18)4/h8,10,12-13,15-16H,5-7,9,11H2,1-4H3. The number of nitrogens with one attached hydrogen (secondary N) is 1. The average Bonchev–Trinajstić information content (AvgIpc) is 2.80. The van der Waals surface area contributed by atoms with Crippen molar-refractivity contribution in [1.82, 2.24) is 20.0 Å². The smallest absolute Gasteiger partial charge is 0.0534 e. The SMILES string of the molecule is CCn1cc(CN2CC(CC(C)C)NCC2C)cn1. The molecule has 2 unspecified atom stereocenters. The second-order valence-corrected chi connectivity index (χ2v) is 6.22. The highest BCUT2D eigenvalue weighted by Gasteiger charge is 2.25. The Balaban J connectivity index is 1.93. The Morgan fingerprint density at radius 1 is 1.47 bits per heavy atom. The largest absolute Gasteiger partial charge is 0.311 e. The van der Waals surface area contributed by atoms with Gasteiger partial charge in [-0.1, -0.05) is 13.8 Å². The average molecular weight is 264 g/mol. The fourth-order valence-corrected chi connectivity index (χ4v) is 2.84. The van der Waals surface area contributed by atoms with Crippen LogP contribution in [0.2, 0.25) is 0 Å². The fraction of sp³-hybridized carbons (Fsp3) is 0.800. The van der Waals surface area contributed by atoms with Crippen molar-refractivity contribution in [2.45, 2.75) is 59.3 Å². The van der Waals surface area contributed by atoms with E-state index < -0.39 is 0 Å². The van der Waals surface area contributed by atoms with E-state index in [-0.39, 0.29) is 0 Å². The van der Waals surface area contributed by atoms with Crippen LogP contribution < -0.4 is 5.32 Å². The van der Waals surface area contributed by atoms with Crippen molar-refractivity contribution in [3.63, 3.8) is 0 Å². The van der Waals surface area contributed by atoms with Crippen molar-refractivity contribution < 1.29 is 0 Å². The lowest BCUT2D eigenvalue weighted by atomic mass is 10.00. The summed E-state index contributed by atoms with van der Waals surface area (Å²) in [5.74, 6) is 0.760. The zero-order chi connectivity index (χ0) is 13.8. The molecule has 2 heterocycles. The number of rotatable bonds is 5. The number of nitrogens with zero attached hydrogens (tertiary/aromatic N) is 3. The maximum atomic E-state index is 4.37. The lowest BCUT2D eigenvalue weighted by molar-refractivity contribution is 0.125. The molecular formula is C15H28N4. The molecule has 1 aliphatic rings. The van der Waals surface area contributed by atoms with Crippen molar-refractivity contribution in [2.24, 2.45) is 5.92 Å². The van der Waals surface area contributed by atoms with Crippen LogP contribution in [0.15, 0.2) is 12.4 Å². The van der Waals surface area contributed by atoms with Gasteiger partial charge < -0.3 is 5.32 Å². The van der Waals surface area contributed by atoms with Gasteiger partial charge in [-0.2, -0.15) is 5.10 Å². The lowest BCUT2D eigenvalue weighted by Crippen LogP contribution is -2.55. The third-order valence-electron chi connectivity index (χ3n) is 3.93. The Kier molecular flexibility index (Phi) is 4.99. The number of hydrogen-bond acceptors (Lipinski definition) is 3. The van der Waals surface area contributed by atoms with E-state index in [0.717, 1.165) is 32.1 Å². The Hall–Kier alpha value is -0.870. The molecule has 1 aliphatic heterocycles. The first kappa shape index (κ1) is 14.5. The summed E-state index contributed by atoms with van der Waals surface area (Å²) in [5.41, 5.74) is 1.33. The Bertz CT molecular complexity index is 385. The Morgan fingerprint density at radius 2 is 2.26 bits per heavy atom. The minimum Gasteiger partial charge on any atom is -0.311 e. The molecule has 1 aromatic heterocycles. The molecule has 19 heavy (non-hydrogen) atoms. The molecule has 108 valence electrons. The molecule has 1 saturated heterocycles. The molecule has 0 aromatic carbocycles. The second kappa shape index (κ2) is 6.53. The predicted molar refractivity (Wildman–Crippen MR) is 79.0 cm³/mol. The molecule has 0 aliphatic carbocycles. The first-order valence-electron chi connectivity index (χ1n) is 7.57. The maximum Gasteiger partial charge on any atom is 0.0534 e. The van der Waals surface area contributed by atoms with Crippen LogP contribution in [0.5, 0.6) is 0 Å². The second-order valence-electron chi connectivity index (χ2n) is 6.22. The Morgan fingerprint density at radius 3 is 2.89 bits per heavy atom. The van der Waals surface area contributed by atoms with Crippen LogP contribution in [-0.4, -0.2) is 39.9 Å². The summed E-state index contributed by atoms with van der Waals surface area (Å²) >= 11 is 0. The van der Waals surface area contributed by atoms with E-state index in [4.69, 9.17) is 0 Å². The summed E-state index contributed by atoms with van der Waals surface area (Å²) in [6, 6.07) is 1.24. The molecule has 1 N–H and O–H groups in total. The quantitative estimate of drug-likeness (QED) is 0.884. The van der Waals surface area contributed by atoms with E-state index in [1.807, 2.05) is 10.9 Å². The van der Waals surface area contributed by atoms with Crippen LogP contribution in [0, 0.1) is 5.92 Å². The molecule has 0 saturated carbocycles. The van der Waals surface area contributed by atoms with Gasteiger partial charge in [0.25, 0.3) is 0 Å². The van der Waals surface area contributed by atoms with E-state index in [0.29, 0.717) is 12.1 Å². The van der Waals surface area contributed by atoms with Crippen LogP contribution >= 0.6 is 0 Å². The number of aromatic nitrogens is 2. The zero-order valence-electron chi connectivity index (χ0n) is 12.8. The number of piperazine rings is 1. The third kappa shape index (κ3) is 4.05. The third-order valence-corrected chi connectivity index (χ3v) is 3.93. The topological polar surface area (TPSA) is 33.1 Å². The van der Waals surface area contributed by atoms with Crippen LogP contribution in [0.25, 0.3) is 0 Å². The minimum atomic E-state index is 0.605. The minimum absolute atomic E-state index is 0.605. The normalized spacial score (nSPS) is 25.1. The molecule has 2 rings (SSSR count). The summed E-state index contributed by atoms with van der Waals surface area (Å²) in [7, 11) is 0. The molecule has 1 fully saturated rings. The summed E-state index contributed by atoms with van der Waals surface area (Å²) in [5, 5.41) is 8.04. The van der Waals surface area contributed by atoms with E-state index in [1.165, 1.54) is 12.0 Å². The summed E-state index contributed by atoms with van der Waals surface area (Å²) in [4.78, 5) is 2.58. The maximum absolute atomic E-state index is 4.37. The van der Waals surface area contributed by atoms with Gasteiger partial charge in [-0.15, -0.1) is 0 Å². The number of aryl methyl sites for hydroxylation is 1. The van der Waals surface area contributed by atoms with Crippen molar-refractivity contribution in [2.75, 3.05) is 13.1 Å². The zero-order valence-corrected chi connectivity index (χ0v) is 12.8. The highest BCUT2D eigenvalue weighted by molar-refractivity contribution is 5.04. The number of hydrogen-bond donors (Lipinski definition) is 1. The van der Waals surface area contributed by atoms with Crippen LogP contribution in [0.1, 0.15) is 39.7 Å². The van der Waals surface area contributed by atoms with Gasteiger partial charge in [-0.25, -0.2) is 0 Å². The van der Waals surface area contributed by atoms with Gasteiger partial charge in [0, 0.05) is 50.0 Å². The van der Waals surface area contributed by atoms with Gasteiger partial charge in [-0.3, -0.25) is 9.58 Å². The van der Waals surface area contributed by atoms with Gasteiger partial charge in [0.1, 0.15) is 0 Å². The molecule has 4 heteroatoms. The molecule has 0 radical (unpaired) electrons. The van der Waals surface area contributed by atoms with Crippen molar-refractivity contribution in [1.29, 1.82) is 0 Å². The summed E-state index contributed by atoms with van der Waals surface area (Å²) in [6.45, 7) is 13.3. The van der Waals surface area contributed by atoms with Gasteiger partial charge in [-0.05, 0) is 26.2 Å². The van der Waals surface area contributed by atoms with Crippen LogP contribution in [0.3, 0.4) is 0 Å². The lowest BCUT2D eigenvalue weighted by Gasteiger charge is -2.39. The van der Waals surface area contributed by atoms with Crippen molar-refractivity contribution in [3.8, 4) is 0 Å².